The summed E-state index contributed by atoms with van der Waals surface area (Å²) >= 11 is 0. The standard InChI is InChI=1S/C15H23NO3/c1-10(2)15(17-3)14(16)11-5-6-12-13(9-11)19-8-4-7-18-12/h5-6,9-10,14-15H,4,7-8,16H2,1-3H3. The number of fused-ring (bicyclic) bond motifs is 1. The van der Waals surface area contributed by atoms with E-state index in [-0.39, 0.29) is 12.1 Å². The van der Waals surface area contributed by atoms with E-state index in [1.807, 2.05) is 18.2 Å². The molecular weight excluding hydrogens is 242 g/mol. The van der Waals surface area contributed by atoms with Gasteiger partial charge in [-0.25, -0.2) is 0 Å². The molecule has 4 heteroatoms. The molecule has 2 atom stereocenters. The van der Waals surface area contributed by atoms with Gasteiger partial charge in [-0.05, 0) is 23.6 Å². The zero-order chi connectivity index (χ0) is 13.8. The summed E-state index contributed by atoms with van der Waals surface area (Å²) < 4.78 is 16.8. The van der Waals surface area contributed by atoms with E-state index in [1.54, 1.807) is 7.11 Å². The Morgan fingerprint density at radius 3 is 2.47 bits per heavy atom. The molecule has 19 heavy (non-hydrogen) atoms. The van der Waals surface area contributed by atoms with Crippen molar-refractivity contribution in [1.82, 2.24) is 0 Å². The van der Waals surface area contributed by atoms with E-state index in [0.29, 0.717) is 19.1 Å². The Morgan fingerprint density at radius 2 is 1.84 bits per heavy atom. The Kier molecular flexibility index (Phi) is 4.66. The average Bonchev–Trinajstić information content (AvgIpc) is 2.63. The molecule has 2 N–H and O–H groups in total. The van der Waals surface area contributed by atoms with Gasteiger partial charge in [-0.15, -0.1) is 0 Å². The fourth-order valence-electron chi connectivity index (χ4n) is 2.41. The van der Waals surface area contributed by atoms with Crippen LogP contribution in [0.5, 0.6) is 11.5 Å². The molecule has 0 amide bonds. The first-order chi connectivity index (χ1) is 9.13. The van der Waals surface area contributed by atoms with E-state index in [2.05, 4.69) is 13.8 Å². The Morgan fingerprint density at radius 1 is 1.16 bits per heavy atom. The van der Waals surface area contributed by atoms with Gasteiger partial charge < -0.3 is 19.9 Å². The average molecular weight is 265 g/mol. The first-order valence-corrected chi connectivity index (χ1v) is 6.81. The zero-order valence-corrected chi connectivity index (χ0v) is 11.9. The van der Waals surface area contributed by atoms with E-state index in [4.69, 9.17) is 19.9 Å². The number of hydrogen-bond donors (Lipinski definition) is 1. The largest absolute Gasteiger partial charge is 0.490 e. The van der Waals surface area contributed by atoms with Crippen LogP contribution in [0.3, 0.4) is 0 Å². The summed E-state index contributed by atoms with van der Waals surface area (Å²) in [4.78, 5) is 0. The Balaban J connectivity index is 2.23. The van der Waals surface area contributed by atoms with Crippen LogP contribution < -0.4 is 15.2 Å². The quantitative estimate of drug-likeness (QED) is 0.909. The topological polar surface area (TPSA) is 53.7 Å². The maximum atomic E-state index is 6.30. The summed E-state index contributed by atoms with van der Waals surface area (Å²) in [7, 11) is 1.70. The first kappa shape index (κ1) is 14.2. The Hall–Kier alpha value is -1.26. The molecule has 0 spiro atoms. The van der Waals surface area contributed by atoms with Crippen LogP contribution in [0.25, 0.3) is 0 Å². The van der Waals surface area contributed by atoms with Crippen LogP contribution >= 0.6 is 0 Å². The molecule has 1 aromatic rings. The minimum absolute atomic E-state index is 0.00949. The van der Waals surface area contributed by atoms with Gasteiger partial charge >= 0.3 is 0 Å². The molecule has 0 aromatic heterocycles. The van der Waals surface area contributed by atoms with Crippen LogP contribution in [0.1, 0.15) is 31.9 Å². The van der Waals surface area contributed by atoms with E-state index < -0.39 is 0 Å². The van der Waals surface area contributed by atoms with Gasteiger partial charge in [0.1, 0.15) is 0 Å². The highest BCUT2D eigenvalue weighted by molar-refractivity contribution is 5.44. The van der Waals surface area contributed by atoms with E-state index >= 15 is 0 Å². The summed E-state index contributed by atoms with van der Waals surface area (Å²) in [5, 5.41) is 0. The molecular formula is C15H23NO3. The van der Waals surface area contributed by atoms with Gasteiger partial charge in [0, 0.05) is 13.5 Å². The molecule has 4 nitrogen and oxygen atoms in total. The van der Waals surface area contributed by atoms with E-state index in [0.717, 1.165) is 23.5 Å². The number of benzene rings is 1. The lowest BCUT2D eigenvalue weighted by Gasteiger charge is -2.26. The second kappa shape index (κ2) is 6.26. The SMILES string of the molecule is COC(C(C)C)C(N)c1ccc2c(c1)OCCCO2. The number of rotatable bonds is 4. The van der Waals surface area contributed by atoms with Crippen LogP contribution in [0.4, 0.5) is 0 Å². The predicted molar refractivity (Wildman–Crippen MR) is 74.6 cm³/mol. The Bertz CT molecular complexity index is 420. The number of methoxy groups -OCH3 is 1. The van der Waals surface area contributed by atoms with Crippen molar-refractivity contribution in [3.63, 3.8) is 0 Å². The predicted octanol–water partition coefficient (Wildman–Crippen LogP) is 2.52. The zero-order valence-electron chi connectivity index (χ0n) is 11.9. The normalized spacial score (nSPS) is 17.9. The fourth-order valence-corrected chi connectivity index (χ4v) is 2.41. The van der Waals surface area contributed by atoms with Crippen LogP contribution in [0.2, 0.25) is 0 Å². The number of hydrogen-bond acceptors (Lipinski definition) is 4. The minimum Gasteiger partial charge on any atom is -0.490 e. The highest BCUT2D eigenvalue weighted by Crippen LogP contribution is 2.33. The third-order valence-electron chi connectivity index (χ3n) is 3.44. The second-order valence-corrected chi connectivity index (χ2v) is 5.23. The van der Waals surface area contributed by atoms with Gasteiger partial charge in [0.2, 0.25) is 0 Å². The Labute approximate surface area is 114 Å². The van der Waals surface area contributed by atoms with Crippen molar-refractivity contribution in [3.05, 3.63) is 23.8 Å². The number of ether oxygens (including phenoxy) is 3. The van der Waals surface area contributed by atoms with Gasteiger partial charge in [0.05, 0.1) is 25.4 Å². The smallest absolute Gasteiger partial charge is 0.161 e. The first-order valence-electron chi connectivity index (χ1n) is 6.81. The van der Waals surface area contributed by atoms with Crippen molar-refractivity contribution < 1.29 is 14.2 Å². The molecule has 0 radical (unpaired) electrons. The lowest BCUT2D eigenvalue weighted by molar-refractivity contribution is 0.0436. The van der Waals surface area contributed by atoms with Gasteiger partial charge in [-0.1, -0.05) is 19.9 Å². The van der Waals surface area contributed by atoms with E-state index in [1.165, 1.54) is 0 Å². The lowest BCUT2D eigenvalue weighted by Crippen LogP contribution is -2.32. The van der Waals surface area contributed by atoms with Gasteiger partial charge in [-0.2, -0.15) is 0 Å². The molecule has 0 saturated carbocycles. The second-order valence-electron chi connectivity index (χ2n) is 5.23. The van der Waals surface area contributed by atoms with Crippen molar-refractivity contribution in [2.24, 2.45) is 11.7 Å². The molecule has 1 aliphatic rings. The summed E-state index contributed by atoms with van der Waals surface area (Å²) in [6.07, 6.45) is 0.896. The van der Waals surface area contributed by atoms with Crippen molar-refractivity contribution in [3.8, 4) is 11.5 Å². The summed E-state index contributed by atoms with van der Waals surface area (Å²) in [5.41, 5.74) is 7.32. The molecule has 1 aliphatic heterocycles. The third-order valence-corrected chi connectivity index (χ3v) is 3.44. The third kappa shape index (κ3) is 3.19. The van der Waals surface area contributed by atoms with Crippen LogP contribution in [-0.2, 0) is 4.74 Å². The maximum absolute atomic E-state index is 6.30. The summed E-state index contributed by atoms with van der Waals surface area (Å²) in [6, 6.07) is 5.73. The van der Waals surface area contributed by atoms with Gasteiger partial charge in [0.15, 0.2) is 11.5 Å². The van der Waals surface area contributed by atoms with Gasteiger partial charge in [0.25, 0.3) is 0 Å². The van der Waals surface area contributed by atoms with Crippen molar-refractivity contribution in [2.75, 3.05) is 20.3 Å². The molecule has 0 aliphatic carbocycles. The highest BCUT2D eigenvalue weighted by atomic mass is 16.5. The van der Waals surface area contributed by atoms with E-state index in [9.17, 15) is 0 Å². The molecule has 0 fully saturated rings. The monoisotopic (exact) mass is 265 g/mol. The van der Waals surface area contributed by atoms with Crippen molar-refractivity contribution >= 4 is 0 Å². The number of nitrogens with two attached hydrogens (primary N) is 1. The highest BCUT2D eigenvalue weighted by Gasteiger charge is 2.23. The molecule has 106 valence electrons. The summed E-state index contributed by atoms with van der Waals surface area (Å²) in [6.45, 7) is 5.60. The minimum atomic E-state index is -0.165. The van der Waals surface area contributed by atoms with Crippen molar-refractivity contribution in [2.45, 2.75) is 32.4 Å². The fraction of sp³-hybridized carbons (Fsp3) is 0.600. The lowest BCUT2D eigenvalue weighted by atomic mass is 9.94. The van der Waals surface area contributed by atoms with Crippen LogP contribution in [-0.4, -0.2) is 26.4 Å². The van der Waals surface area contributed by atoms with Crippen molar-refractivity contribution in [1.29, 1.82) is 0 Å². The molecule has 0 saturated heterocycles. The van der Waals surface area contributed by atoms with Crippen LogP contribution in [0, 0.1) is 5.92 Å². The summed E-state index contributed by atoms with van der Waals surface area (Å²) in [5.74, 6) is 1.94. The maximum Gasteiger partial charge on any atom is 0.161 e. The van der Waals surface area contributed by atoms with Crippen LogP contribution in [0.15, 0.2) is 18.2 Å². The molecule has 0 bridgehead atoms. The molecule has 1 heterocycles. The molecule has 1 aromatic carbocycles. The van der Waals surface area contributed by atoms with Gasteiger partial charge in [-0.3, -0.25) is 0 Å². The molecule has 2 unspecified atom stereocenters. The molecule has 2 rings (SSSR count).